The maximum Gasteiger partial charge on any atom is 0.191 e. The van der Waals surface area contributed by atoms with Crippen LogP contribution in [0.5, 0.6) is 5.75 Å². The molecule has 0 spiro atoms. The summed E-state index contributed by atoms with van der Waals surface area (Å²) in [7, 11) is 3.96. The zero-order valence-corrected chi connectivity index (χ0v) is 17.9. The molecule has 1 aromatic rings. The predicted octanol–water partition coefficient (Wildman–Crippen LogP) is 2.03. The molecule has 0 aliphatic carbocycles. The van der Waals surface area contributed by atoms with Crippen LogP contribution in [0.25, 0.3) is 0 Å². The molecular formula is C21H36FN5O. The van der Waals surface area contributed by atoms with Crippen LogP contribution in [0.1, 0.15) is 20.8 Å². The van der Waals surface area contributed by atoms with E-state index in [0.29, 0.717) is 24.3 Å². The minimum atomic E-state index is -0.261. The molecule has 1 saturated heterocycles. The summed E-state index contributed by atoms with van der Waals surface area (Å²) in [6.45, 7) is 12.4. The lowest BCUT2D eigenvalue weighted by Crippen LogP contribution is -2.55. The third-order valence-corrected chi connectivity index (χ3v) is 5.19. The average molecular weight is 394 g/mol. The Morgan fingerprint density at radius 3 is 2.25 bits per heavy atom. The Hall–Kier alpha value is -1.86. The van der Waals surface area contributed by atoms with Crippen LogP contribution in [0.3, 0.4) is 0 Å². The van der Waals surface area contributed by atoms with Gasteiger partial charge in [-0.1, -0.05) is 13.8 Å². The topological polar surface area (TPSA) is 52.1 Å². The second kappa shape index (κ2) is 11.2. The van der Waals surface area contributed by atoms with E-state index in [1.54, 1.807) is 19.2 Å². The van der Waals surface area contributed by atoms with Crippen molar-refractivity contribution in [3.8, 4) is 5.75 Å². The van der Waals surface area contributed by atoms with Gasteiger partial charge in [-0.3, -0.25) is 9.89 Å². The summed E-state index contributed by atoms with van der Waals surface area (Å²) >= 11 is 0. The van der Waals surface area contributed by atoms with Crippen molar-refractivity contribution in [3.63, 3.8) is 0 Å². The molecule has 1 aliphatic heterocycles. The number of nitrogens with zero attached hydrogens (tertiary/aromatic N) is 3. The van der Waals surface area contributed by atoms with E-state index in [0.717, 1.165) is 38.7 Å². The Labute approximate surface area is 169 Å². The maximum absolute atomic E-state index is 13.0. The number of aliphatic imine (C=N–C) groups is 1. The van der Waals surface area contributed by atoms with Gasteiger partial charge in [-0.2, -0.15) is 0 Å². The normalized spacial score (nSPS) is 18.8. The Morgan fingerprint density at radius 1 is 1.07 bits per heavy atom. The summed E-state index contributed by atoms with van der Waals surface area (Å²) in [5.41, 5.74) is 0. The molecule has 1 fully saturated rings. The predicted molar refractivity (Wildman–Crippen MR) is 114 cm³/mol. The van der Waals surface area contributed by atoms with Gasteiger partial charge in [0.05, 0.1) is 6.54 Å². The van der Waals surface area contributed by atoms with Crippen molar-refractivity contribution >= 4 is 5.96 Å². The van der Waals surface area contributed by atoms with Crippen molar-refractivity contribution in [2.45, 2.75) is 32.9 Å². The summed E-state index contributed by atoms with van der Waals surface area (Å²) < 4.78 is 18.8. The van der Waals surface area contributed by atoms with E-state index in [2.05, 4.69) is 46.3 Å². The van der Waals surface area contributed by atoms with E-state index in [4.69, 9.17) is 4.74 Å². The van der Waals surface area contributed by atoms with E-state index in [1.807, 2.05) is 6.92 Å². The average Bonchev–Trinajstić information content (AvgIpc) is 2.67. The molecule has 1 heterocycles. The number of hydrogen-bond acceptors (Lipinski definition) is 4. The van der Waals surface area contributed by atoms with Crippen molar-refractivity contribution in [2.24, 2.45) is 10.9 Å². The lowest BCUT2D eigenvalue weighted by molar-refractivity contribution is 0.0899. The number of nitrogens with one attached hydrogen (secondary N) is 2. The highest BCUT2D eigenvalue weighted by molar-refractivity contribution is 5.79. The van der Waals surface area contributed by atoms with Crippen LogP contribution in [0.15, 0.2) is 29.3 Å². The molecule has 28 heavy (non-hydrogen) atoms. The van der Waals surface area contributed by atoms with Crippen LogP contribution in [0.4, 0.5) is 4.39 Å². The standard InChI is InChI=1S/C21H36FN5O/c1-16(2)20(27-12-10-26(5)11-13-27)15-25-21(23-4)24-14-17(3)28-19-8-6-18(22)7-9-19/h6-9,16-17,20H,10-15H2,1-5H3,(H2,23,24,25). The molecule has 2 N–H and O–H groups in total. The molecule has 0 aromatic heterocycles. The first-order valence-corrected chi connectivity index (χ1v) is 10.2. The number of hydrogen-bond donors (Lipinski definition) is 2. The highest BCUT2D eigenvalue weighted by atomic mass is 19.1. The van der Waals surface area contributed by atoms with Crippen LogP contribution in [-0.4, -0.2) is 81.3 Å². The number of benzene rings is 1. The fraction of sp³-hybridized carbons (Fsp3) is 0.667. The van der Waals surface area contributed by atoms with E-state index >= 15 is 0 Å². The first-order chi connectivity index (χ1) is 13.4. The molecule has 7 heteroatoms. The summed E-state index contributed by atoms with van der Waals surface area (Å²) in [6, 6.07) is 6.56. The number of piperazine rings is 1. The van der Waals surface area contributed by atoms with Gasteiger partial charge in [0.25, 0.3) is 0 Å². The van der Waals surface area contributed by atoms with Crippen LogP contribution in [-0.2, 0) is 0 Å². The molecule has 158 valence electrons. The lowest BCUT2D eigenvalue weighted by Gasteiger charge is -2.40. The van der Waals surface area contributed by atoms with Gasteiger partial charge in [-0.15, -0.1) is 0 Å². The quantitative estimate of drug-likeness (QED) is 0.523. The fourth-order valence-corrected chi connectivity index (χ4v) is 3.39. The van der Waals surface area contributed by atoms with Crippen LogP contribution < -0.4 is 15.4 Å². The van der Waals surface area contributed by atoms with Gasteiger partial charge >= 0.3 is 0 Å². The number of ether oxygens (including phenoxy) is 1. The summed E-state index contributed by atoms with van der Waals surface area (Å²) in [4.78, 5) is 9.28. The number of rotatable bonds is 8. The highest BCUT2D eigenvalue weighted by Crippen LogP contribution is 2.14. The Morgan fingerprint density at radius 2 is 1.68 bits per heavy atom. The van der Waals surface area contributed by atoms with Gasteiger partial charge in [0.1, 0.15) is 17.7 Å². The fourth-order valence-electron chi connectivity index (χ4n) is 3.39. The van der Waals surface area contributed by atoms with Gasteiger partial charge < -0.3 is 20.3 Å². The third-order valence-electron chi connectivity index (χ3n) is 5.19. The van der Waals surface area contributed by atoms with Crippen molar-refractivity contribution in [3.05, 3.63) is 30.1 Å². The highest BCUT2D eigenvalue weighted by Gasteiger charge is 2.25. The number of halogens is 1. The first-order valence-electron chi connectivity index (χ1n) is 10.2. The van der Waals surface area contributed by atoms with Gasteiger partial charge in [0.15, 0.2) is 5.96 Å². The first kappa shape index (κ1) is 22.4. The SMILES string of the molecule is CN=C(NCC(C)Oc1ccc(F)cc1)NCC(C(C)C)N1CCN(C)CC1. The van der Waals surface area contributed by atoms with Gasteiger partial charge in [0, 0.05) is 45.8 Å². The molecule has 2 rings (SSSR count). The zero-order chi connectivity index (χ0) is 20.5. The summed E-state index contributed by atoms with van der Waals surface area (Å²) in [5, 5.41) is 6.78. The molecule has 2 unspecified atom stereocenters. The molecule has 0 saturated carbocycles. The number of likely N-dealkylation sites (N-methyl/N-ethyl adjacent to an activating group) is 1. The van der Waals surface area contributed by atoms with Crippen molar-refractivity contribution in [1.29, 1.82) is 0 Å². The Bertz CT molecular complexity index is 599. The van der Waals surface area contributed by atoms with Gasteiger partial charge in [0.2, 0.25) is 0 Å². The maximum atomic E-state index is 13.0. The molecule has 0 radical (unpaired) electrons. The smallest absolute Gasteiger partial charge is 0.191 e. The van der Waals surface area contributed by atoms with Crippen molar-refractivity contribution in [2.75, 3.05) is 53.4 Å². The van der Waals surface area contributed by atoms with E-state index in [1.165, 1.54) is 12.1 Å². The van der Waals surface area contributed by atoms with Gasteiger partial charge in [-0.25, -0.2) is 4.39 Å². The molecule has 1 aliphatic rings. The summed E-state index contributed by atoms with van der Waals surface area (Å²) in [6.07, 6.45) is -0.0671. The van der Waals surface area contributed by atoms with E-state index in [9.17, 15) is 4.39 Å². The molecule has 6 nitrogen and oxygen atoms in total. The van der Waals surface area contributed by atoms with Crippen LogP contribution >= 0.6 is 0 Å². The Balaban J connectivity index is 1.78. The monoisotopic (exact) mass is 393 g/mol. The summed E-state index contributed by atoms with van der Waals surface area (Å²) in [5.74, 6) is 1.74. The van der Waals surface area contributed by atoms with Gasteiger partial charge in [-0.05, 0) is 44.2 Å². The zero-order valence-electron chi connectivity index (χ0n) is 17.9. The second-order valence-electron chi connectivity index (χ2n) is 7.87. The van der Waals surface area contributed by atoms with E-state index in [-0.39, 0.29) is 11.9 Å². The Kier molecular flexibility index (Phi) is 8.99. The molecule has 0 bridgehead atoms. The number of guanidine groups is 1. The van der Waals surface area contributed by atoms with Crippen molar-refractivity contribution in [1.82, 2.24) is 20.4 Å². The van der Waals surface area contributed by atoms with Crippen LogP contribution in [0, 0.1) is 11.7 Å². The minimum Gasteiger partial charge on any atom is -0.489 e. The molecule has 2 atom stereocenters. The minimum absolute atomic E-state index is 0.0671. The molecular weight excluding hydrogens is 357 g/mol. The van der Waals surface area contributed by atoms with Crippen molar-refractivity contribution < 1.29 is 9.13 Å². The van der Waals surface area contributed by atoms with E-state index < -0.39 is 0 Å². The second-order valence-corrected chi connectivity index (χ2v) is 7.87. The lowest BCUT2D eigenvalue weighted by atomic mass is 10.0. The van der Waals surface area contributed by atoms with Crippen LogP contribution in [0.2, 0.25) is 0 Å². The molecule has 0 amide bonds. The third kappa shape index (κ3) is 7.28. The molecule has 1 aromatic carbocycles. The largest absolute Gasteiger partial charge is 0.489 e.